The molecule has 46 valence electrons. The van der Waals surface area contributed by atoms with Crippen molar-refractivity contribution in [3.05, 3.63) is 0 Å². The van der Waals surface area contributed by atoms with Crippen LogP contribution in [-0.2, 0) is 0 Å². The molecule has 0 heterocycles. The molecule has 0 amide bonds. The molecule has 8 heavy (non-hydrogen) atoms. The van der Waals surface area contributed by atoms with E-state index in [1.165, 1.54) is 0 Å². The van der Waals surface area contributed by atoms with Gasteiger partial charge < -0.3 is 10.2 Å². The second-order valence-corrected chi connectivity index (χ2v) is 1.58. The molecule has 0 fully saturated rings. The summed E-state index contributed by atoms with van der Waals surface area (Å²) in [7, 11) is 0. The Balaban J connectivity index is 3.01. The molecule has 0 unspecified atom stereocenters. The highest BCUT2D eigenvalue weighted by Crippen LogP contribution is 1.92. The molecule has 0 aromatic rings. The smallest absolute Gasteiger partial charge is 0.0780 e. The van der Waals surface area contributed by atoms with Crippen molar-refractivity contribution in [1.29, 1.82) is 0 Å². The predicted molar refractivity (Wildman–Crippen MR) is 31.2 cm³/mol. The summed E-state index contributed by atoms with van der Waals surface area (Å²) in [5.74, 6) is 2.36. The van der Waals surface area contributed by atoms with Crippen LogP contribution in [0.2, 0.25) is 0 Å². The lowest BCUT2D eigenvalue weighted by atomic mass is 10.2. The monoisotopic (exact) mass is 114 g/mol. The van der Waals surface area contributed by atoms with E-state index in [0.29, 0.717) is 12.8 Å². The maximum atomic E-state index is 8.64. The largest absolute Gasteiger partial charge is 0.394 e. The third kappa shape index (κ3) is 3.66. The van der Waals surface area contributed by atoms with E-state index in [0.717, 1.165) is 0 Å². The minimum atomic E-state index is -0.633. The average molecular weight is 114 g/mol. The second-order valence-electron chi connectivity index (χ2n) is 1.58. The van der Waals surface area contributed by atoms with Gasteiger partial charge in [0.2, 0.25) is 0 Å². The van der Waals surface area contributed by atoms with Gasteiger partial charge >= 0.3 is 0 Å². The number of aliphatic hydroxyl groups is 2. The average Bonchev–Trinajstić information content (AvgIpc) is 1.83. The molecule has 2 nitrogen and oxygen atoms in total. The Hall–Kier alpha value is -0.520. The lowest BCUT2D eigenvalue weighted by Gasteiger charge is -2.00. The van der Waals surface area contributed by atoms with E-state index in [1.807, 2.05) is 0 Å². The van der Waals surface area contributed by atoms with Crippen molar-refractivity contribution in [2.24, 2.45) is 0 Å². The summed E-state index contributed by atoms with van der Waals surface area (Å²) in [5.41, 5.74) is 0. The summed E-state index contributed by atoms with van der Waals surface area (Å²) in [6, 6.07) is 0. The maximum Gasteiger partial charge on any atom is 0.0780 e. The van der Waals surface area contributed by atoms with Crippen molar-refractivity contribution in [2.45, 2.75) is 18.9 Å². The molecule has 0 radical (unpaired) electrons. The zero-order chi connectivity index (χ0) is 6.41. The number of rotatable bonds is 3. The van der Waals surface area contributed by atoms with Crippen molar-refractivity contribution in [3.8, 4) is 12.3 Å². The van der Waals surface area contributed by atoms with Gasteiger partial charge in [0.05, 0.1) is 12.7 Å². The molecule has 0 saturated heterocycles. The highest BCUT2D eigenvalue weighted by atomic mass is 16.3. The van der Waals surface area contributed by atoms with Gasteiger partial charge in [0.1, 0.15) is 0 Å². The molecular weight excluding hydrogens is 104 g/mol. The van der Waals surface area contributed by atoms with Crippen molar-refractivity contribution in [3.63, 3.8) is 0 Å². The van der Waals surface area contributed by atoms with Gasteiger partial charge in [-0.25, -0.2) is 0 Å². The number of hydrogen-bond donors (Lipinski definition) is 2. The summed E-state index contributed by atoms with van der Waals surface area (Å²) in [4.78, 5) is 0. The minimum absolute atomic E-state index is 0.193. The molecular formula is C6H10O2. The van der Waals surface area contributed by atoms with Crippen LogP contribution in [0, 0.1) is 12.3 Å². The van der Waals surface area contributed by atoms with Crippen molar-refractivity contribution >= 4 is 0 Å². The zero-order valence-corrected chi connectivity index (χ0v) is 4.67. The molecule has 0 spiro atoms. The highest BCUT2D eigenvalue weighted by Gasteiger charge is 1.97. The van der Waals surface area contributed by atoms with E-state index in [4.69, 9.17) is 16.6 Å². The lowest BCUT2D eigenvalue weighted by Crippen LogP contribution is -2.10. The van der Waals surface area contributed by atoms with Gasteiger partial charge in [-0.2, -0.15) is 0 Å². The Morgan fingerprint density at radius 2 is 2.25 bits per heavy atom. The van der Waals surface area contributed by atoms with Crippen LogP contribution in [0.15, 0.2) is 0 Å². The molecule has 0 saturated carbocycles. The van der Waals surface area contributed by atoms with Gasteiger partial charge in [0, 0.05) is 6.42 Å². The maximum absolute atomic E-state index is 8.64. The van der Waals surface area contributed by atoms with Crippen molar-refractivity contribution < 1.29 is 10.2 Å². The second kappa shape index (κ2) is 4.63. The fourth-order valence-electron chi connectivity index (χ4n) is 0.341. The van der Waals surface area contributed by atoms with Crippen LogP contribution in [0.4, 0.5) is 0 Å². The first kappa shape index (κ1) is 7.48. The predicted octanol–water partition coefficient (Wildman–Crippen LogP) is -0.247. The SMILES string of the molecule is C#CCC[C@@H](O)CO. The Labute approximate surface area is 49.2 Å². The van der Waals surface area contributed by atoms with Gasteiger partial charge in [-0.3, -0.25) is 0 Å². The van der Waals surface area contributed by atoms with E-state index in [1.54, 1.807) is 0 Å². The first-order chi connectivity index (χ1) is 3.81. The van der Waals surface area contributed by atoms with E-state index in [9.17, 15) is 0 Å². The summed E-state index contributed by atoms with van der Waals surface area (Å²) < 4.78 is 0. The van der Waals surface area contributed by atoms with E-state index in [2.05, 4.69) is 5.92 Å². The van der Waals surface area contributed by atoms with Crippen LogP contribution in [0.5, 0.6) is 0 Å². The zero-order valence-electron chi connectivity index (χ0n) is 4.67. The van der Waals surface area contributed by atoms with Crippen molar-refractivity contribution in [2.75, 3.05) is 6.61 Å². The van der Waals surface area contributed by atoms with Crippen molar-refractivity contribution in [1.82, 2.24) is 0 Å². The van der Waals surface area contributed by atoms with E-state index in [-0.39, 0.29) is 6.61 Å². The highest BCUT2D eigenvalue weighted by molar-refractivity contribution is 4.83. The Kier molecular flexibility index (Phi) is 4.33. The first-order valence-electron chi connectivity index (χ1n) is 2.53. The Morgan fingerprint density at radius 1 is 1.62 bits per heavy atom. The van der Waals surface area contributed by atoms with Gasteiger partial charge in [0.25, 0.3) is 0 Å². The summed E-state index contributed by atoms with van der Waals surface area (Å²) in [6.07, 6.45) is 5.28. The van der Waals surface area contributed by atoms with Gasteiger partial charge in [-0.1, -0.05) is 0 Å². The summed E-state index contributed by atoms with van der Waals surface area (Å²) in [6.45, 7) is -0.193. The first-order valence-corrected chi connectivity index (χ1v) is 2.53. The van der Waals surface area contributed by atoms with E-state index >= 15 is 0 Å². The van der Waals surface area contributed by atoms with Crippen LogP contribution in [-0.4, -0.2) is 22.9 Å². The fourth-order valence-corrected chi connectivity index (χ4v) is 0.341. The Morgan fingerprint density at radius 3 is 2.62 bits per heavy atom. The molecule has 0 aromatic carbocycles. The molecule has 0 aliphatic carbocycles. The van der Waals surface area contributed by atoms with Crippen LogP contribution in [0.3, 0.4) is 0 Å². The number of terminal acetylenes is 1. The molecule has 0 bridgehead atoms. The van der Waals surface area contributed by atoms with Gasteiger partial charge in [-0.15, -0.1) is 12.3 Å². The number of aliphatic hydroxyl groups excluding tert-OH is 2. The molecule has 0 aliphatic rings. The number of hydrogen-bond acceptors (Lipinski definition) is 2. The molecule has 0 aliphatic heterocycles. The quantitative estimate of drug-likeness (QED) is 0.497. The Bertz CT molecular complexity index is 83.0. The third-order valence-electron chi connectivity index (χ3n) is 0.833. The molecule has 0 aromatic heterocycles. The van der Waals surface area contributed by atoms with Gasteiger partial charge in [0.15, 0.2) is 0 Å². The lowest BCUT2D eigenvalue weighted by molar-refractivity contribution is 0.0896. The molecule has 0 rings (SSSR count). The van der Waals surface area contributed by atoms with Gasteiger partial charge in [-0.05, 0) is 6.42 Å². The molecule has 1 atom stereocenters. The summed E-state index contributed by atoms with van der Waals surface area (Å²) in [5, 5.41) is 16.9. The normalized spacial score (nSPS) is 12.6. The van der Waals surface area contributed by atoms with Crippen LogP contribution in [0.25, 0.3) is 0 Å². The van der Waals surface area contributed by atoms with Crippen LogP contribution >= 0.6 is 0 Å². The third-order valence-corrected chi connectivity index (χ3v) is 0.833. The molecule has 2 heteroatoms. The topological polar surface area (TPSA) is 40.5 Å². The summed E-state index contributed by atoms with van der Waals surface area (Å²) >= 11 is 0. The molecule has 2 N–H and O–H groups in total. The standard InChI is InChI=1S/C6H10O2/c1-2-3-4-6(8)5-7/h1,6-8H,3-5H2/t6-/m1/s1. The van der Waals surface area contributed by atoms with Crippen LogP contribution < -0.4 is 0 Å². The van der Waals surface area contributed by atoms with E-state index < -0.39 is 6.10 Å². The fraction of sp³-hybridized carbons (Fsp3) is 0.667. The van der Waals surface area contributed by atoms with Crippen LogP contribution in [0.1, 0.15) is 12.8 Å². The minimum Gasteiger partial charge on any atom is -0.394 e.